The van der Waals surface area contributed by atoms with Gasteiger partial charge in [0.1, 0.15) is 17.8 Å². The van der Waals surface area contributed by atoms with Crippen LogP contribution in [0.3, 0.4) is 0 Å². The van der Waals surface area contributed by atoms with Gasteiger partial charge in [-0.2, -0.15) is 0 Å². The summed E-state index contributed by atoms with van der Waals surface area (Å²) in [5, 5.41) is 10.2. The zero-order chi connectivity index (χ0) is 35.4. The molecule has 2 aliphatic carbocycles. The summed E-state index contributed by atoms with van der Waals surface area (Å²) in [6, 6.07) is -1.41. The van der Waals surface area contributed by atoms with Crippen LogP contribution in [0.2, 0.25) is 0 Å². The van der Waals surface area contributed by atoms with E-state index < -0.39 is 41.6 Å². The molecule has 0 spiro atoms. The van der Waals surface area contributed by atoms with Gasteiger partial charge in [-0.1, -0.05) is 79.6 Å². The second kappa shape index (κ2) is 21.8. The highest BCUT2D eigenvalue weighted by Crippen LogP contribution is 2.26. The minimum absolute atomic E-state index is 0.0678. The quantitative estimate of drug-likeness (QED) is 0.308. The lowest BCUT2D eigenvalue weighted by molar-refractivity contribution is -0.144. The van der Waals surface area contributed by atoms with Gasteiger partial charge in [0.15, 0.2) is 0 Å². The van der Waals surface area contributed by atoms with Crippen LogP contribution in [0.15, 0.2) is 18.6 Å². The molecule has 4 rings (SSSR count). The van der Waals surface area contributed by atoms with E-state index in [4.69, 9.17) is 0 Å². The summed E-state index contributed by atoms with van der Waals surface area (Å²) < 4.78 is 0. The Labute approximate surface area is 280 Å². The average Bonchev–Trinajstić information content (AvgIpc) is 3.73. The van der Waals surface area contributed by atoms with Crippen molar-refractivity contribution in [2.24, 2.45) is 5.41 Å². The van der Waals surface area contributed by atoms with E-state index in [1.54, 1.807) is 7.05 Å². The number of likely N-dealkylation sites (tertiary alicyclic amines) is 1. The van der Waals surface area contributed by atoms with Crippen LogP contribution in [0.1, 0.15) is 123 Å². The fourth-order valence-corrected chi connectivity index (χ4v) is 4.78. The molecule has 13 nitrogen and oxygen atoms in total. The van der Waals surface area contributed by atoms with Crippen LogP contribution in [0.5, 0.6) is 0 Å². The summed E-state index contributed by atoms with van der Waals surface area (Å²) >= 11 is 0. The molecule has 1 aliphatic heterocycles. The fraction of sp³-hybridized carbons (Fsp3) is 0.706. The number of nitrogens with zero attached hydrogens (tertiary/aromatic N) is 3. The highest BCUT2D eigenvalue weighted by atomic mass is 16.2. The van der Waals surface area contributed by atoms with Crippen LogP contribution in [-0.4, -0.2) is 88.4 Å². The van der Waals surface area contributed by atoms with E-state index in [2.05, 4.69) is 45.1 Å². The van der Waals surface area contributed by atoms with Gasteiger partial charge in [0.25, 0.3) is 11.8 Å². The molecule has 1 aromatic rings. The van der Waals surface area contributed by atoms with Gasteiger partial charge in [-0.05, 0) is 31.1 Å². The molecule has 0 bridgehead atoms. The topological polar surface area (TPSA) is 180 Å². The van der Waals surface area contributed by atoms with Gasteiger partial charge in [-0.3, -0.25) is 33.8 Å². The predicted molar refractivity (Wildman–Crippen MR) is 180 cm³/mol. The molecule has 0 aromatic carbocycles. The van der Waals surface area contributed by atoms with Gasteiger partial charge in [-0.15, -0.1) is 0 Å². The van der Waals surface area contributed by atoms with E-state index in [1.807, 2.05) is 20.8 Å². The Morgan fingerprint density at radius 1 is 0.915 bits per heavy atom. The first kappa shape index (κ1) is 41.1. The lowest BCUT2D eigenvalue weighted by Gasteiger charge is -2.35. The minimum Gasteiger partial charge on any atom is -0.354 e. The number of carbonyl (C=O) groups is 6. The smallest absolute Gasteiger partial charge is 0.289 e. The van der Waals surface area contributed by atoms with Crippen LogP contribution in [-0.2, 0) is 24.0 Å². The number of Topliss-reactive ketones (excluding diaryl/α,β-unsaturated/α-hetero) is 1. The van der Waals surface area contributed by atoms with Crippen molar-refractivity contribution in [1.29, 1.82) is 0 Å². The van der Waals surface area contributed by atoms with Gasteiger partial charge in [0.05, 0.1) is 12.7 Å². The first-order valence-corrected chi connectivity index (χ1v) is 16.9. The molecule has 5 amide bonds. The van der Waals surface area contributed by atoms with E-state index >= 15 is 0 Å². The molecule has 4 N–H and O–H groups in total. The van der Waals surface area contributed by atoms with Gasteiger partial charge < -0.3 is 26.2 Å². The molecule has 2 heterocycles. The van der Waals surface area contributed by atoms with Gasteiger partial charge in [-0.25, -0.2) is 4.98 Å². The molecule has 2 saturated carbocycles. The summed E-state index contributed by atoms with van der Waals surface area (Å²) in [4.78, 5) is 80.4. The van der Waals surface area contributed by atoms with Crippen molar-refractivity contribution in [3.63, 3.8) is 0 Å². The van der Waals surface area contributed by atoms with Crippen molar-refractivity contribution in [3.05, 3.63) is 24.3 Å². The Morgan fingerprint density at radius 2 is 1.49 bits per heavy atom. The zero-order valence-corrected chi connectivity index (χ0v) is 29.4. The molecule has 0 radical (unpaired) electrons. The molecule has 47 heavy (non-hydrogen) atoms. The Morgan fingerprint density at radius 3 is 1.94 bits per heavy atom. The largest absolute Gasteiger partial charge is 0.354 e. The number of rotatable bonds is 8. The summed E-state index contributed by atoms with van der Waals surface area (Å²) in [5.41, 5.74) is -0.187. The molecule has 2 unspecified atom stereocenters. The molecule has 13 heteroatoms. The molecule has 3 fully saturated rings. The van der Waals surface area contributed by atoms with Crippen molar-refractivity contribution in [2.75, 3.05) is 20.1 Å². The second-order valence-electron chi connectivity index (χ2n) is 13.1. The average molecular weight is 660 g/mol. The molecular formula is C34H57N7O6. The standard InChI is InChI=1S/C19H30N4O5.C6H7N3O.C6H12.C3H8/c1-11(24)21-15(19(2,3)4)18(28)23-9-5-6-13(23)16(26)20-10-14(25)17(27)22-12-7-8-12;1-7-6(10)5-4-8-2-3-9-5;1-2-4-6-5-3-1;1-3-2/h12-13,15H,5-10H2,1-4H3,(H,20,26)(H,21,24)(H,22,27);2-4H,1H3,(H,7,10);1-6H2;3H2,1-2H3. The van der Waals surface area contributed by atoms with Crippen molar-refractivity contribution in [2.45, 2.75) is 130 Å². The molecule has 264 valence electrons. The highest BCUT2D eigenvalue weighted by Gasteiger charge is 2.41. The molecule has 1 saturated heterocycles. The maximum atomic E-state index is 13.0. The highest BCUT2D eigenvalue weighted by molar-refractivity contribution is 6.37. The van der Waals surface area contributed by atoms with E-state index in [9.17, 15) is 28.8 Å². The number of nitrogens with one attached hydrogen (secondary N) is 4. The molecule has 1 aromatic heterocycles. The first-order valence-electron chi connectivity index (χ1n) is 16.9. The maximum absolute atomic E-state index is 13.0. The normalized spacial score (nSPS) is 17.4. The molecule has 3 aliphatic rings. The third kappa shape index (κ3) is 16.5. The van der Waals surface area contributed by atoms with Gasteiger partial charge in [0, 0.05) is 39.0 Å². The molecular weight excluding hydrogens is 602 g/mol. The monoisotopic (exact) mass is 659 g/mol. The Bertz CT molecular complexity index is 1140. The summed E-state index contributed by atoms with van der Waals surface area (Å²) in [5.74, 6) is -2.72. The predicted octanol–water partition coefficient (Wildman–Crippen LogP) is 3.09. The van der Waals surface area contributed by atoms with Crippen LogP contribution >= 0.6 is 0 Å². The number of hydrogen-bond donors (Lipinski definition) is 4. The number of ketones is 1. The minimum atomic E-state index is -0.760. The van der Waals surface area contributed by atoms with Crippen LogP contribution in [0.25, 0.3) is 0 Å². The first-order chi connectivity index (χ1) is 22.3. The fourth-order valence-electron chi connectivity index (χ4n) is 4.78. The maximum Gasteiger partial charge on any atom is 0.289 e. The Balaban J connectivity index is 0.000000467. The SMILES string of the molecule is C1CCCCC1.CC(=O)NC(C(=O)N1CCCC1C(=O)NCC(=O)C(=O)NC1CC1)C(C)(C)C.CCC.CNC(=O)c1cnccn1. The number of aromatic nitrogens is 2. The number of amides is 5. The lowest BCUT2D eigenvalue weighted by Crippen LogP contribution is -2.57. The zero-order valence-electron chi connectivity index (χ0n) is 29.4. The van der Waals surface area contributed by atoms with Crippen molar-refractivity contribution >= 4 is 35.3 Å². The molecule has 2 atom stereocenters. The Kier molecular flexibility index (Phi) is 19.1. The summed E-state index contributed by atoms with van der Waals surface area (Å²) in [6.07, 6.45) is 17.5. The Hall–Kier alpha value is -3.90. The van der Waals surface area contributed by atoms with E-state index in [-0.39, 0.29) is 23.8 Å². The van der Waals surface area contributed by atoms with Gasteiger partial charge in [0.2, 0.25) is 23.5 Å². The van der Waals surface area contributed by atoms with Gasteiger partial charge >= 0.3 is 0 Å². The number of hydrogen-bond acceptors (Lipinski definition) is 8. The van der Waals surface area contributed by atoms with Crippen LogP contribution < -0.4 is 21.3 Å². The van der Waals surface area contributed by atoms with Crippen molar-refractivity contribution in [1.82, 2.24) is 36.1 Å². The second-order valence-corrected chi connectivity index (χ2v) is 13.1. The van der Waals surface area contributed by atoms with Crippen LogP contribution in [0.4, 0.5) is 0 Å². The van der Waals surface area contributed by atoms with Crippen LogP contribution in [0, 0.1) is 5.41 Å². The third-order valence-corrected chi connectivity index (χ3v) is 7.41. The lowest BCUT2D eigenvalue weighted by atomic mass is 9.85. The van der Waals surface area contributed by atoms with Crippen molar-refractivity contribution in [3.8, 4) is 0 Å². The summed E-state index contributed by atoms with van der Waals surface area (Å²) in [6.45, 7) is 11.1. The summed E-state index contributed by atoms with van der Waals surface area (Å²) in [7, 11) is 1.55. The van der Waals surface area contributed by atoms with E-state index in [0.29, 0.717) is 25.1 Å². The third-order valence-electron chi connectivity index (χ3n) is 7.41. The van der Waals surface area contributed by atoms with E-state index in [1.165, 1.54) is 75.4 Å². The van der Waals surface area contributed by atoms with Crippen molar-refractivity contribution < 1.29 is 28.8 Å². The number of carbonyl (C=O) groups excluding carboxylic acids is 6. The van der Waals surface area contributed by atoms with E-state index in [0.717, 1.165) is 12.8 Å².